The van der Waals surface area contributed by atoms with Crippen LogP contribution in [0, 0.1) is 0 Å². The summed E-state index contributed by atoms with van der Waals surface area (Å²) in [6.45, 7) is 5.63. The molecule has 1 N–H and O–H groups in total. The van der Waals surface area contributed by atoms with E-state index in [9.17, 15) is 5.11 Å². The van der Waals surface area contributed by atoms with E-state index in [1.54, 1.807) is 0 Å². The zero-order chi connectivity index (χ0) is 15.1. The fourth-order valence-electron chi connectivity index (χ4n) is 2.34. The van der Waals surface area contributed by atoms with Gasteiger partial charge < -0.3 is 9.84 Å². The molecule has 1 heterocycles. The summed E-state index contributed by atoms with van der Waals surface area (Å²) >= 11 is 0. The highest BCUT2D eigenvalue weighted by atomic mass is 16.5. The lowest BCUT2D eigenvalue weighted by Crippen LogP contribution is -2.09. The summed E-state index contributed by atoms with van der Waals surface area (Å²) in [5, 5.41) is 17.4. The van der Waals surface area contributed by atoms with Crippen LogP contribution in [0.2, 0.25) is 0 Å². The molecule has 0 saturated heterocycles. The molecule has 5 nitrogen and oxygen atoms in total. The van der Waals surface area contributed by atoms with Crippen LogP contribution in [0.25, 0.3) is 0 Å². The van der Waals surface area contributed by atoms with Crippen LogP contribution in [0.3, 0.4) is 0 Å². The van der Waals surface area contributed by atoms with Crippen LogP contribution in [0.5, 0.6) is 5.75 Å². The molecule has 114 valence electrons. The number of hydrogen-bond acceptors (Lipinski definition) is 4. The minimum absolute atomic E-state index is 0.0510. The summed E-state index contributed by atoms with van der Waals surface area (Å²) in [6.07, 6.45) is 1.93. The molecule has 5 heteroatoms. The van der Waals surface area contributed by atoms with Gasteiger partial charge in [0.1, 0.15) is 11.4 Å². The average molecular weight is 289 g/mol. The molecule has 0 atom stereocenters. The number of nitrogens with zero attached hydrogens (tertiary/aromatic N) is 3. The van der Waals surface area contributed by atoms with Crippen molar-refractivity contribution in [1.29, 1.82) is 0 Å². The predicted molar refractivity (Wildman–Crippen MR) is 81.2 cm³/mol. The molecular weight excluding hydrogens is 266 g/mol. The highest BCUT2D eigenvalue weighted by Crippen LogP contribution is 2.18. The predicted octanol–water partition coefficient (Wildman–Crippen LogP) is 2.75. The summed E-state index contributed by atoms with van der Waals surface area (Å²) < 4.78 is 7.56. The molecule has 0 amide bonds. The zero-order valence-corrected chi connectivity index (χ0v) is 12.7. The second-order valence-electron chi connectivity index (χ2n) is 5.33. The van der Waals surface area contributed by atoms with Crippen molar-refractivity contribution in [3.63, 3.8) is 0 Å². The van der Waals surface area contributed by atoms with E-state index in [2.05, 4.69) is 24.2 Å². The van der Waals surface area contributed by atoms with Gasteiger partial charge in [-0.1, -0.05) is 37.3 Å². The summed E-state index contributed by atoms with van der Waals surface area (Å²) in [4.78, 5) is 0. The van der Waals surface area contributed by atoms with Crippen LogP contribution in [0.1, 0.15) is 44.0 Å². The van der Waals surface area contributed by atoms with Gasteiger partial charge in [-0.25, -0.2) is 4.68 Å². The van der Waals surface area contributed by atoms with Gasteiger partial charge in [0.15, 0.2) is 0 Å². The van der Waals surface area contributed by atoms with Crippen LogP contribution in [0.15, 0.2) is 30.3 Å². The Kier molecular flexibility index (Phi) is 5.75. The summed E-state index contributed by atoms with van der Waals surface area (Å²) in [5.41, 5.74) is 1.71. The topological polar surface area (TPSA) is 60.2 Å². The highest BCUT2D eigenvalue weighted by Gasteiger charge is 2.14. The van der Waals surface area contributed by atoms with Crippen molar-refractivity contribution in [3.8, 4) is 5.75 Å². The zero-order valence-electron chi connectivity index (χ0n) is 12.7. The molecule has 0 aliphatic carbocycles. The number of aryl methyl sites for hydroxylation is 1. The molecule has 0 aliphatic heterocycles. The average Bonchev–Trinajstić information content (AvgIpc) is 2.91. The van der Waals surface area contributed by atoms with E-state index in [4.69, 9.17) is 4.74 Å². The molecule has 21 heavy (non-hydrogen) atoms. The molecule has 1 aromatic heterocycles. The van der Waals surface area contributed by atoms with Crippen LogP contribution < -0.4 is 4.74 Å². The number of aliphatic hydroxyl groups excluding tert-OH is 1. The van der Waals surface area contributed by atoms with Gasteiger partial charge in [-0.05, 0) is 30.9 Å². The van der Waals surface area contributed by atoms with Crippen molar-refractivity contribution < 1.29 is 9.84 Å². The molecule has 0 unspecified atom stereocenters. The van der Waals surface area contributed by atoms with Crippen molar-refractivity contribution in [1.82, 2.24) is 15.0 Å². The van der Waals surface area contributed by atoms with Gasteiger partial charge in [-0.3, -0.25) is 0 Å². The lowest BCUT2D eigenvalue weighted by molar-refractivity contribution is 0.274. The fraction of sp³-hybridized carbons (Fsp3) is 0.500. The minimum Gasteiger partial charge on any atom is -0.494 e. The van der Waals surface area contributed by atoms with Crippen LogP contribution in [-0.2, 0) is 13.2 Å². The number of ether oxygens (including phenoxy) is 1. The molecular formula is C16H23N3O2. The largest absolute Gasteiger partial charge is 0.494 e. The molecule has 0 fully saturated rings. The Bertz CT molecular complexity index is 538. The first-order chi connectivity index (χ1) is 10.2. The number of aromatic nitrogens is 3. The summed E-state index contributed by atoms with van der Waals surface area (Å²) in [7, 11) is 0. The lowest BCUT2D eigenvalue weighted by atomic mass is 10.1. The van der Waals surface area contributed by atoms with Gasteiger partial charge in [0.2, 0.25) is 0 Å². The second kappa shape index (κ2) is 7.78. The van der Waals surface area contributed by atoms with E-state index < -0.39 is 0 Å². The van der Waals surface area contributed by atoms with Crippen molar-refractivity contribution in [2.75, 3.05) is 6.61 Å². The number of rotatable bonds is 8. The van der Waals surface area contributed by atoms with Crippen LogP contribution in [-0.4, -0.2) is 26.7 Å². The Labute approximate surface area is 125 Å². The van der Waals surface area contributed by atoms with Crippen molar-refractivity contribution in [2.24, 2.45) is 0 Å². The molecule has 0 bridgehead atoms. The van der Waals surface area contributed by atoms with Gasteiger partial charge >= 0.3 is 0 Å². The van der Waals surface area contributed by atoms with E-state index in [0.717, 1.165) is 30.8 Å². The van der Waals surface area contributed by atoms with Gasteiger partial charge in [0, 0.05) is 6.54 Å². The quantitative estimate of drug-likeness (QED) is 0.759. The number of para-hydroxylation sites is 1. The Hall–Kier alpha value is -1.88. The third-order valence-corrected chi connectivity index (χ3v) is 3.32. The summed E-state index contributed by atoms with van der Waals surface area (Å²) in [6, 6.07) is 9.83. The van der Waals surface area contributed by atoms with Gasteiger partial charge in [-0.15, -0.1) is 5.10 Å². The Balaban J connectivity index is 1.77. The molecule has 2 rings (SSSR count). The van der Waals surface area contributed by atoms with E-state index in [0.29, 0.717) is 18.2 Å². The normalized spacial score (nSPS) is 11.0. The maximum atomic E-state index is 9.28. The molecule has 0 spiro atoms. The summed E-state index contributed by atoms with van der Waals surface area (Å²) in [5.74, 6) is 1.21. The van der Waals surface area contributed by atoms with Crippen molar-refractivity contribution in [2.45, 2.75) is 45.8 Å². The van der Waals surface area contributed by atoms with Crippen LogP contribution >= 0.6 is 0 Å². The number of benzene rings is 1. The number of aliphatic hydroxyl groups is 1. The Morgan fingerprint density at radius 1 is 1.19 bits per heavy atom. The van der Waals surface area contributed by atoms with E-state index in [1.807, 2.05) is 35.0 Å². The van der Waals surface area contributed by atoms with Crippen molar-refractivity contribution in [3.05, 3.63) is 41.7 Å². The second-order valence-corrected chi connectivity index (χ2v) is 5.33. The lowest BCUT2D eigenvalue weighted by Gasteiger charge is -2.10. The highest BCUT2D eigenvalue weighted by molar-refractivity contribution is 5.20. The number of hydrogen-bond donors (Lipinski definition) is 1. The molecule has 1 aromatic carbocycles. The third-order valence-electron chi connectivity index (χ3n) is 3.32. The van der Waals surface area contributed by atoms with E-state index in [1.165, 1.54) is 0 Å². The van der Waals surface area contributed by atoms with E-state index in [-0.39, 0.29) is 6.61 Å². The maximum absolute atomic E-state index is 9.28. The first kappa shape index (κ1) is 15.5. The monoisotopic (exact) mass is 289 g/mol. The fourth-order valence-corrected chi connectivity index (χ4v) is 2.34. The minimum atomic E-state index is -0.0510. The van der Waals surface area contributed by atoms with Gasteiger partial charge in [0.05, 0.1) is 18.9 Å². The molecule has 0 aliphatic rings. The molecule has 0 radical (unpaired) electrons. The third kappa shape index (κ3) is 4.29. The van der Waals surface area contributed by atoms with Crippen LogP contribution in [0.4, 0.5) is 0 Å². The SMILES string of the molecule is CC(C)c1c(CO)nnn1CCCCOc1ccccc1. The van der Waals surface area contributed by atoms with Gasteiger partial charge in [-0.2, -0.15) is 0 Å². The molecule has 0 saturated carbocycles. The number of unbranched alkanes of at least 4 members (excludes halogenated alkanes) is 1. The first-order valence-electron chi connectivity index (χ1n) is 7.43. The standard InChI is InChI=1S/C16H23N3O2/c1-13(2)16-15(12-20)17-18-19(16)10-6-7-11-21-14-8-4-3-5-9-14/h3-5,8-9,13,20H,6-7,10-12H2,1-2H3. The molecule has 2 aromatic rings. The van der Waals surface area contributed by atoms with E-state index >= 15 is 0 Å². The maximum Gasteiger partial charge on any atom is 0.119 e. The smallest absolute Gasteiger partial charge is 0.119 e. The van der Waals surface area contributed by atoms with Gasteiger partial charge in [0.25, 0.3) is 0 Å². The Morgan fingerprint density at radius 3 is 2.62 bits per heavy atom. The van der Waals surface area contributed by atoms with Crippen molar-refractivity contribution >= 4 is 0 Å². The Morgan fingerprint density at radius 2 is 1.95 bits per heavy atom. The first-order valence-corrected chi connectivity index (χ1v) is 7.43.